The van der Waals surface area contributed by atoms with Gasteiger partial charge < -0.3 is 20.1 Å². The molecule has 0 radical (unpaired) electrons. The van der Waals surface area contributed by atoms with Crippen LogP contribution in [0.1, 0.15) is 19.4 Å². The zero-order valence-electron chi connectivity index (χ0n) is 16.3. The van der Waals surface area contributed by atoms with Gasteiger partial charge in [-0.1, -0.05) is 12.1 Å². The van der Waals surface area contributed by atoms with Crippen molar-refractivity contribution in [2.45, 2.75) is 26.4 Å². The monoisotopic (exact) mass is 379 g/mol. The first-order valence-corrected chi connectivity index (χ1v) is 9.22. The first kappa shape index (κ1) is 19.4. The van der Waals surface area contributed by atoms with Crippen molar-refractivity contribution in [3.63, 3.8) is 0 Å². The molecule has 7 nitrogen and oxygen atoms in total. The summed E-state index contributed by atoms with van der Waals surface area (Å²) in [6.45, 7) is 4.70. The Bertz CT molecular complexity index is 884. The number of benzene rings is 2. The molecular formula is C21H25N5O2. The lowest BCUT2D eigenvalue weighted by atomic mass is 10.1. The van der Waals surface area contributed by atoms with Crippen LogP contribution in [0.25, 0.3) is 0 Å². The van der Waals surface area contributed by atoms with Gasteiger partial charge in [-0.2, -0.15) is 10.1 Å². The molecule has 0 bridgehead atoms. The largest absolute Gasteiger partial charge is 0.497 e. The van der Waals surface area contributed by atoms with E-state index >= 15 is 0 Å². The third kappa shape index (κ3) is 5.84. The fourth-order valence-corrected chi connectivity index (χ4v) is 2.62. The summed E-state index contributed by atoms with van der Waals surface area (Å²) in [5, 5.41) is 14.5. The Hall–Kier alpha value is -3.35. The van der Waals surface area contributed by atoms with Gasteiger partial charge in [0.05, 0.1) is 19.4 Å². The Morgan fingerprint density at radius 2 is 1.86 bits per heavy atom. The van der Waals surface area contributed by atoms with Gasteiger partial charge in [0.1, 0.15) is 11.5 Å². The fourth-order valence-electron chi connectivity index (χ4n) is 2.62. The minimum Gasteiger partial charge on any atom is -0.497 e. The summed E-state index contributed by atoms with van der Waals surface area (Å²) in [5.74, 6) is 2.79. The van der Waals surface area contributed by atoms with Gasteiger partial charge in [0.25, 0.3) is 0 Å². The van der Waals surface area contributed by atoms with Gasteiger partial charge in [-0.25, -0.2) is 0 Å². The van der Waals surface area contributed by atoms with Gasteiger partial charge in [-0.15, -0.1) is 5.10 Å². The van der Waals surface area contributed by atoms with E-state index in [0.717, 1.165) is 23.6 Å². The Morgan fingerprint density at radius 1 is 1.04 bits per heavy atom. The average molecular weight is 379 g/mol. The van der Waals surface area contributed by atoms with E-state index in [1.54, 1.807) is 13.3 Å². The number of rotatable bonds is 9. The second-order valence-electron chi connectivity index (χ2n) is 6.51. The van der Waals surface area contributed by atoms with Gasteiger partial charge in [0.15, 0.2) is 5.82 Å². The predicted molar refractivity (Wildman–Crippen MR) is 111 cm³/mol. The molecule has 2 aromatic carbocycles. The maximum absolute atomic E-state index is 5.65. The number of aromatic nitrogens is 3. The zero-order chi connectivity index (χ0) is 19.8. The lowest BCUT2D eigenvalue weighted by molar-refractivity contribution is 0.242. The quantitative estimate of drug-likeness (QED) is 0.580. The minimum absolute atomic E-state index is 0.149. The van der Waals surface area contributed by atoms with Gasteiger partial charge in [0, 0.05) is 12.2 Å². The highest BCUT2D eigenvalue weighted by Crippen LogP contribution is 2.20. The summed E-state index contributed by atoms with van der Waals surface area (Å²) >= 11 is 0. The Morgan fingerprint density at radius 3 is 2.61 bits per heavy atom. The van der Waals surface area contributed by atoms with Crippen LogP contribution in [0.3, 0.4) is 0 Å². The molecule has 0 atom stereocenters. The molecule has 146 valence electrons. The summed E-state index contributed by atoms with van der Waals surface area (Å²) in [4.78, 5) is 4.45. The summed E-state index contributed by atoms with van der Waals surface area (Å²) in [7, 11) is 1.67. The maximum atomic E-state index is 5.65. The summed E-state index contributed by atoms with van der Waals surface area (Å²) in [6.07, 6.45) is 2.57. The smallest absolute Gasteiger partial charge is 0.244 e. The van der Waals surface area contributed by atoms with Gasteiger partial charge in [-0.3, -0.25) is 0 Å². The van der Waals surface area contributed by atoms with Crippen LogP contribution in [-0.4, -0.2) is 34.9 Å². The summed E-state index contributed by atoms with van der Waals surface area (Å²) < 4.78 is 10.9. The molecule has 0 aliphatic carbocycles. The first-order valence-electron chi connectivity index (χ1n) is 9.22. The van der Waals surface area contributed by atoms with Crippen LogP contribution >= 0.6 is 0 Å². The van der Waals surface area contributed by atoms with Crippen LogP contribution in [0.2, 0.25) is 0 Å². The van der Waals surface area contributed by atoms with Crippen LogP contribution in [0, 0.1) is 0 Å². The Labute approximate surface area is 165 Å². The Kier molecular flexibility index (Phi) is 6.62. The number of anilines is 3. The van der Waals surface area contributed by atoms with Crippen LogP contribution < -0.4 is 20.1 Å². The second kappa shape index (κ2) is 9.55. The van der Waals surface area contributed by atoms with E-state index in [2.05, 4.69) is 31.9 Å². The van der Waals surface area contributed by atoms with E-state index in [-0.39, 0.29) is 6.10 Å². The van der Waals surface area contributed by atoms with Crippen molar-refractivity contribution >= 4 is 17.5 Å². The molecule has 2 N–H and O–H groups in total. The molecule has 0 fully saturated rings. The average Bonchev–Trinajstić information content (AvgIpc) is 2.70. The molecule has 0 spiro atoms. The van der Waals surface area contributed by atoms with Crippen molar-refractivity contribution in [1.82, 2.24) is 15.2 Å². The zero-order valence-corrected chi connectivity index (χ0v) is 16.3. The lowest BCUT2D eigenvalue weighted by Gasteiger charge is -2.11. The third-order valence-electron chi connectivity index (χ3n) is 3.89. The molecule has 0 amide bonds. The fraction of sp³-hybridized carbons (Fsp3) is 0.286. The SMILES string of the molecule is COc1cccc(CCNc2nncc(Nc3ccc(OC(C)C)cc3)n2)c1. The highest BCUT2D eigenvalue weighted by atomic mass is 16.5. The van der Waals surface area contributed by atoms with Crippen LogP contribution in [0.5, 0.6) is 11.5 Å². The van der Waals surface area contributed by atoms with Crippen molar-refractivity contribution in [3.05, 3.63) is 60.3 Å². The molecule has 3 rings (SSSR count). The minimum atomic E-state index is 0.149. The molecule has 0 aliphatic rings. The number of ether oxygens (including phenoxy) is 2. The summed E-state index contributed by atoms with van der Waals surface area (Å²) in [6, 6.07) is 15.7. The van der Waals surface area contributed by atoms with E-state index in [1.165, 1.54) is 5.56 Å². The molecule has 0 unspecified atom stereocenters. The number of nitrogens with zero attached hydrogens (tertiary/aromatic N) is 3. The third-order valence-corrected chi connectivity index (χ3v) is 3.89. The van der Waals surface area contributed by atoms with Gasteiger partial charge in [0.2, 0.25) is 5.95 Å². The van der Waals surface area contributed by atoms with E-state index in [4.69, 9.17) is 9.47 Å². The van der Waals surface area contributed by atoms with E-state index in [1.807, 2.05) is 56.3 Å². The highest BCUT2D eigenvalue weighted by molar-refractivity contribution is 5.57. The van der Waals surface area contributed by atoms with Crippen molar-refractivity contribution < 1.29 is 9.47 Å². The number of hydrogen-bond acceptors (Lipinski definition) is 7. The Balaban J connectivity index is 1.54. The first-order chi connectivity index (χ1) is 13.6. The van der Waals surface area contributed by atoms with Crippen molar-refractivity contribution in [1.29, 1.82) is 0 Å². The molecular weight excluding hydrogens is 354 g/mol. The van der Waals surface area contributed by atoms with Crippen molar-refractivity contribution in [3.8, 4) is 11.5 Å². The van der Waals surface area contributed by atoms with E-state index in [0.29, 0.717) is 18.3 Å². The second-order valence-corrected chi connectivity index (χ2v) is 6.51. The van der Waals surface area contributed by atoms with Crippen molar-refractivity contribution in [2.24, 2.45) is 0 Å². The number of hydrogen-bond donors (Lipinski definition) is 2. The molecule has 1 aromatic heterocycles. The van der Waals surface area contributed by atoms with E-state index in [9.17, 15) is 0 Å². The number of nitrogens with one attached hydrogen (secondary N) is 2. The molecule has 3 aromatic rings. The molecule has 1 heterocycles. The highest BCUT2D eigenvalue weighted by Gasteiger charge is 2.03. The van der Waals surface area contributed by atoms with Crippen molar-refractivity contribution in [2.75, 3.05) is 24.3 Å². The van der Waals surface area contributed by atoms with Gasteiger partial charge >= 0.3 is 0 Å². The molecule has 28 heavy (non-hydrogen) atoms. The number of methoxy groups -OCH3 is 1. The molecule has 7 heteroatoms. The molecule has 0 aliphatic heterocycles. The van der Waals surface area contributed by atoms with Crippen LogP contribution in [0.15, 0.2) is 54.7 Å². The lowest BCUT2D eigenvalue weighted by Crippen LogP contribution is -2.09. The summed E-state index contributed by atoms with van der Waals surface area (Å²) in [5.41, 5.74) is 2.08. The van der Waals surface area contributed by atoms with Crippen LogP contribution in [0.4, 0.5) is 17.5 Å². The topological polar surface area (TPSA) is 81.2 Å². The molecule has 0 saturated carbocycles. The predicted octanol–water partition coefficient (Wildman–Crippen LogP) is 4.07. The normalized spacial score (nSPS) is 10.6. The van der Waals surface area contributed by atoms with Gasteiger partial charge in [-0.05, 0) is 62.2 Å². The standard InChI is InChI=1S/C21H25N5O2/c1-15(2)28-18-9-7-17(8-10-18)24-20-14-23-26-21(25-20)22-12-11-16-5-4-6-19(13-16)27-3/h4-10,13-15H,11-12H2,1-3H3,(H2,22,24,25,26). The van der Waals surface area contributed by atoms with E-state index < -0.39 is 0 Å². The maximum Gasteiger partial charge on any atom is 0.244 e. The molecule has 0 saturated heterocycles. The van der Waals surface area contributed by atoms with Crippen LogP contribution in [-0.2, 0) is 6.42 Å².